The van der Waals surface area contributed by atoms with E-state index in [4.69, 9.17) is 4.74 Å². The van der Waals surface area contributed by atoms with Crippen molar-refractivity contribution in [2.45, 2.75) is 6.42 Å². The largest absolute Gasteiger partial charge is 0.385 e. The highest BCUT2D eigenvalue weighted by Gasteiger charge is 2.21. The van der Waals surface area contributed by atoms with Gasteiger partial charge in [0.15, 0.2) is 0 Å². The predicted molar refractivity (Wildman–Crippen MR) is 79.9 cm³/mol. The SMILES string of the molecule is COCCCN1CCN(C(=O)Nc2ccccc2F)CC1. The molecule has 0 aromatic heterocycles. The maximum absolute atomic E-state index is 13.5. The number of hydrogen-bond acceptors (Lipinski definition) is 3. The van der Waals surface area contributed by atoms with Gasteiger partial charge in [-0.1, -0.05) is 12.1 Å². The number of rotatable bonds is 5. The Morgan fingerprint density at radius 1 is 1.29 bits per heavy atom. The summed E-state index contributed by atoms with van der Waals surface area (Å²) in [6.45, 7) is 4.74. The van der Waals surface area contributed by atoms with Crippen LogP contribution in [0.15, 0.2) is 24.3 Å². The number of amides is 2. The number of carbonyl (C=O) groups is 1. The number of methoxy groups -OCH3 is 1. The van der Waals surface area contributed by atoms with E-state index < -0.39 is 5.82 Å². The molecule has 1 fully saturated rings. The summed E-state index contributed by atoms with van der Waals surface area (Å²) in [6, 6.07) is 5.96. The van der Waals surface area contributed by atoms with Gasteiger partial charge < -0.3 is 15.0 Å². The van der Waals surface area contributed by atoms with Gasteiger partial charge in [-0.3, -0.25) is 4.90 Å². The van der Waals surface area contributed by atoms with Gasteiger partial charge in [0.2, 0.25) is 0 Å². The van der Waals surface area contributed by atoms with Crippen LogP contribution in [-0.4, -0.2) is 62.3 Å². The molecule has 1 aromatic rings. The molecular formula is C15H22FN3O2. The Morgan fingerprint density at radius 3 is 2.67 bits per heavy atom. The van der Waals surface area contributed by atoms with Gasteiger partial charge in [-0.2, -0.15) is 0 Å². The van der Waals surface area contributed by atoms with Gasteiger partial charge in [-0.15, -0.1) is 0 Å². The van der Waals surface area contributed by atoms with Crippen molar-refractivity contribution in [2.24, 2.45) is 0 Å². The first-order valence-electron chi connectivity index (χ1n) is 7.22. The lowest BCUT2D eigenvalue weighted by Gasteiger charge is -2.34. The molecule has 6 heteroatoms. The summed E-state index contributed by atoms with van der Waals surface area (Å²) >= 11 is 0. The first-order valence-corrected chi connectivity index (χ1v) is 7.22. The topological polar surface area (TPSA) is 44.8 Å². The zero-order chi connectivity index (χ0) is 15.1. The van der Waals surface area contributed by atoms with Gasteiger partial charge >= 0.3 is 6.03 Å². The molecule has 1 aliphatic rings. The summed E-state index contributed by atoms with van der Waals surface area (Å²) < 4.78 is 18.5. The van der Waals surface area contributed by atoms with Crippen molar-refractivity contribution in [3.05, 3.63) is 30.1 Å². The Hall–Kier alpha value is -1.66. The number of carbonyl (C=O) groups excluding carboxylic acids is 1. The fraction of sp³-hybridized carbons (Fsp3) is 0.533. The molecule has 2 rings (SSSR count). The summed E-state index contributed by atoms with van der Waals surface area (Å²) in [6.07, 6.45) is 0.998. The molecule has 5 nitrogen and oxygen atoms in total. The molecule has 1 aliphatic heterocycles. The molecule has 1 aromatic carbocycles. The van der Waals surface area contributed by atoms with Crippen molar-refractivity contribution >= 4 is 11.7 Å². The smallest absolute Gasteiger partial charge is 0.322 e. The van der Waals surface area contributed by atoms with E-state index in [0.29, 0.717) is 13.1 Å². The van der Waals surface area contributed by atoms with Crippen molar-refractivity contribution in [3.8, 4) is 0 Å². The molecule has 1 heterocycles. The van der Waals surface area contributed by atoms with E-state index in [1.54, 1.807) is 30.2 Å². The van der Waals surface area contributed by atoms with E-state index in [1.807, 2.05) is 0 Å². The van der Waals surface area contributed by atoms with E-state index in [1.165, 1.54) is 6.07 Å². The van der Waals surface area contributed by atoms with Crippen LogP contribution in [0.2, 0.25) is 0 Å². The number of hydrogen-bond donors (Lipinski definition) is 1. The first kappa shape index (κ1) is 15.7. The standard InChI is InChI=1S/C15H22FN3O2/c1-21-12-4-7-18-8-10-19(11-9-18)15(20)17-14-6-3-2-5-13(14)16/h2-3,5-6H,4,7-12H2,1H3,(H,17,20). The number of nitrogens with zero attached hydrogens (tertiary/aromatic N) is 2. The Morgan fingerprint density at radius 2 is 2.00 bits per heavy atom. The Labute approximate surface area is 124 Å². The molecule has 2 amide bonds. The average molecular weight is 295 g/mol. The molecule has 0 spiro atoms. The molecule has 0 bridgehead atoms. The lowest BCUT2D eigenvalue weighted by molar-refractivity contribution is 0.130. The monoisotopic (exact) mass is 295 g/mol. The quantitative estimate of drug-likeness (QED) is 0.845. The minimum Gasteiger partial charge on any atom is -0.385 e. The summed E-state index contributed by atoms with van der Waals surface area (Å²) in [5.74, 6) is -0.413. The number of ether oxygens (including phenoxy) is 1. The number of urea groups is 1. The van der Waals surface area contributed by atoms with Gasteiger partial charge in [-0.05, 0) is 18.6 Å². The van der Waals surface area contributed by atoms with Crippen LogP contribution in [0.3, 0.4) is 0 Å². The van der Waals surface area contributed by atoms with Crippen LogP contribution in [-0.2, 0) is 4.74 Å². The van der Waals surface area contributed by atoms with Gasteiger partial charge in [0.05, 0.1) is 5.69 Å². The second kappa shape index (κ2) is 7.95. The van der Waals surface area contributed by atoms with Crippen LogP contribution in [0.1, 0.15) is 6.42 Å². The predicted octanol–water partition coefficient (Wildman–Crippen LogP) is 2.01. The number of para-hydroxylation sites is 1. The normalized spacial score (nSPS) is 16.0. The highest BCUT2D eigenvalue weighted by Crippen LogP contribution is 2.13. The third-order valence-corrected chi connectivity index (χ3v) is 3.60. The summed E-state index contributed by atoms with van der Waals surface area (Å²) in [7, 11) is 1.70. The molecule has 1 saturated heterocycles. The number of piperazine rings is 1. The summed E-state index contributed by atoms with van der Waals surface area (Å²) in [5.41, 5.74) is 0.227. The van der Waals surface area contributed by atoms with Crippen LogP contribution < -0.4 is 5.32 Å². The van der Waals surface area contributed by atoms with Crippen LogP contribution >= 0.6 is 0 Å². The van der Waals surface area contributed by atoms with E-state index in [2.05, 4.69) is 10.2 Å². The van der Waals surface area contributed by atoms with E-state index in [9.17, 15) is 9.18 Å². The zero-order valence-electron chi connectivity index (χ0n) is 12.3. The molecule has 0 unspecified atom stereocenters. The van der Waals surface area contributed by atoms with Crippen molar-refractivity contribution in [3.63, 3.8) is 0 Å². The second-order valence-electron chi connectivity index (χ2n) is 5.09. The van der Waals surface area contributed by atoms with Crippen molar-refractivity contribution in [1.29, 1.82) is 0 Å². The van der Waals surface area contributed by atoms with Crippen molar-refractivity contribution in [1.82, 2.24) is 9.80 Å². The van der Waals surface area contributed by atoms with E-state index >= 15 is 0 Å². The molecule has 0 aliphatic carbocycles. The maximum atomic E-state index is 13.5. The fourth-order valence-electron chi connectivity index (χ4n) is 2.36. The van der Waals surface area contributed by atoms with Gasteiger partial charge in [0, 0.05) is 46.4 Å². The maximum Gasteiger partial charge on any atom is 0.322 e. The molecule has 0 atom stereocenters. The number of nitrogens with one attached hydrogen (secondary N) is 1. The van der Waals surface area contributed by atoms with Crippen LogP contribution in [0.4, 0.5) is 14.9 Å². The molecule has 116 valence electrons. The molecule has 1 N–H and O–H groups in total. The lowest BCUT2D eigenvalue weighted by atomic mass is 10.3. The van der Waals surface area contributed by atoms with Gasteiger partial charge in [0.25, 0.3) is 0 Å². The lowest BCUT2D eigenvalue weighted by Crippen LogP contribution is -2.50. The zero-order valence-corrected chi connectivity index (χ0v) is 12.3. The van der Waals surface area contributed by atoms with Crippen LogP contribution in [0.5, 0.6) is 0 Å². The highest BCUT2D eigenvalue weighted by atomic mass is 19.1. The Balaban J connectivity index is 1.77. The number of halogens is 1. The molecule has 21 heavy (non-hydrogen) atoms. The minimum atomic E-state index is -0.413. The highest BCUT2D eigenvalue weighted by molar-refractivity contribution is 5.89. The van der Waals surface area contributed by atoms with E-state index in [0.717, 1.165) is 32.7 Å². The number of anilines is 1. The minimum absolute atomic E-state index is 0.227. The van der Waals surface area contributed by atoms with Crippen molar-refractivity contribution in [2.75, 3.05) is 51.8 Å². The van der Waals surface area contributed by atoms with E-state index in [-0.39, 0.29) is 11.7 Å². The average Bonchev–Trinajstić information content (AvgIpc) is 2.50. The molecule has 0 radical (unpaired) electrons. The van der Waals surface area contributed by atoms with Crippen molar-refractivity contribution < 1.29 is 13.9 Å². The Kier molecular flexibility index (Phi) is 5.95. The fourth-order valence-corrected chi connectivity index (χ4v) is 2.36. The summed E-state index contributed by atoms with van der Waals surface area (Å²) in [4.78, 5) is 16.1. The molecule has 0 saturated carbocycles. The summed E-state index contributed by atoms with van der Waals surface area (Å²) in [5, 5.41) is 2.62. The third kappa shape index (κ3) is 4.68. The second-order valence-corrected chi connectivity index (χ2v) is 5.09. The first-order chi connectivity index (χ1) is 10.2. The third-order valence-electron chi connectivity index (χ3n) is 3.60. The van der Waals surface area contributed by atoms with Gasteiger partial charge in [0.1, 0.15) is 5.82 Å². The van der Waals surface area contributed by atoms with Gasteiger partial charge in [-0.25, -0.2) is 9.18 Å². The molecular weight excluding hydrogens is 273 g/mol. The van der Waals surface area contributed by atoms with Crippen LogP contribution in [0.25, 0.3) is 0 Å². The Bertz CT molecular complexity index is 462. The number of benzene rings is 1. The van der Waals surface area contributed by atoms with Crippen LogP contribution in [0, 0.1) is 5.82 Å².